The minimum atomic E-state index is 0.134. The van der Waals surface area contributed by atoms with Crippen LogP contribution in [0, 0.1) is 6.92 Å². The predicted octanol–water partition coefficient (Wildman–Crippen LogP) is 4.05. The highest BCUT2D eigenvalue weighted by atomic mass is 16.5. The summed E-state index contributed by atoms with van der Waals surface area (Å²) in [5.41, 5.74) is 4.40. The van der Waals surface area contributed by atoms with Gasteiger partial charge < -0.3 is 10.1 Å². The molecule has 4 heteroatoms. The number of aryl methyl sites for hydroxylation is 1. The van der Waals surface area contributed by atoms with Crippen LogP contribution in [0.4, 0.5) is 5.69 Å². The topological polar surface area (TPSA) is 49.9 Å². The third kappa shape index (κ3) is 2.57. The summed E-state index contributed by atoms with van der Waals surface area (Å²) in [6.45, 7) is 4.19. The van der Waals surface area contributed by atoms with Gasteiger partial charge in [-0.3, -0.25) is 5.10 Å². The first kappa shape index (κ1) is 13.5. The second-order valence-corrected chi connectivity index (χ2v) is 5.25. The van der Waals surface area contributed by atoms with Gasteiger partial charge in [0, 0.05) is 10.9 Å². The van der Waals surface area contributed by atoms with Gasteiger partial charge in [0.15, 0.2) is 0 Å². The van der Waals surface area contributed by atoms with Crippen LogP contribution in [0.2, 0.25) is 0 Å². The van der Waals surface area contributed by atoms with Gasteiger partial charge in [-0.05, 0) is 31.5 Å². The van der Waals surface area contributed by atoms with Crippen LogP contribution in [0.5, 0.6) is 5.75 Å². The van der Waals surface area contributed by atoms with Crippen molar-refractivity contribution in [1.82, 2.24) is 10.2 Å². The molecule has 0 saturated heterocycles. The first-order chi connectivity index (χ1) is 10.2. The molecule has 0 spiro atoms. The number of para-hydroxylation sites is 1. The van der Waals surface area contributed by atoms with Crippen LogP contribution >= 0.6 is 0 Å². The molecule has 2 aromatic carbocycles. The lowest BCUT2D eigenvalue weighted by atomic mass is 10.0. The Hall–Kier alpha value is -2.49. The van der Waals surface area contributed by atoms with Crippen molar-refractivity contribution in [2.75, 3.05) is 12.4 Å². The average molecular weight is 281 g/mol. The summed E-state index contributed by atoms with van der Waals surface area (Å²) in [6.07, 6.45) is 1.83. The molecule has 0 amide bonds. The number of nitrogens with one attached hydrogen (secondary N) is 2. The largest absolute Gasteiger partial charge is 0.496 e. The highest BCUT2D eigenvalue weighted by Gasteiger charge is 2.13. The second kappa shape index (κ2) is 5.48. The van der Waals surface area contributed by atoms with Crippen molar-refractivity contribution in [2.45, 2.75) is 19.9 Å². The number of anilines is 1. The number of aromatic nitrogens is 2. The number of fused-ring (bicyclic) bond motifs is 1. The van der Waals surface area contributed by atoms with E-state index in [1.807, 2.05) is 18.3 Å². The zero-order valence-corrected chi connectivity index (χ0v) is 12.5. The van der Waals surface area contributed by atoms with Gasteiger partial charge in [0.05, 0.1) is 30.6 Å². The average Bonchev–Trinajstić information content (AvgIpc) is 2.96. The van der Waals surface area contributed by atoms with Crippen LogP contribution in [-0.4, -0.2) is 17.3 Å². The van der Waals surface area contributed by atoms with Gasteiger partial charge in [0.2, 0.25) is 0 Å². The molecule has 21 heavy (non-hydrogen) atoms. The third-order valence-electron chi connectivity index (χ3n) is 3.70. The predicted molar refractivity (Wildman–Crippen MR) is 85.9 cm³/mol. The van der Waals surface area contributed by atoms with E-state index in [0.717, 1.165) is 27.9 Å². The van der Waals surface area contributed by atoms with Crippen molar-refractivity contribution in [2.24, 2.45) is 0 Å². The molecule has 1 atom stereocenters. The third-order valence-corrected chi connectivity index (χ3v) is 3.70. The summed E-state index contributed by atoms with van der Waals surface area (Å²) in [4.78, 5) is 0. The van der Waals surface area contributed by atoms with E-state index >= 15 is 0 Å². The molecule has 3 aromatic rings. The quantitative estimate of drug-likeness (QED) is 0.758. The van der Waals surface area contributed by atoms with Gasteiger partial charge in [-0.2, -0.15) is 5.10 Å². The van der Waals surface area contributed by atoms with Crippen LogP contribution in [0.3, 0.4) is 0 Å². The van der Waals surface area contributed by atoms with Gasteiger partial charge in [0.25, 0.3) is 0 Å². The number of aromatic amines is 1. The Morgan fingerprint density at radius 1 is 1.24 bits per heavy atom. The monoisotopic (exact) mass is 281 g/mol. The minimum absolute atomic E-state index is 0.134. The van der Waals surface area contributed by atoms with Crippen LogP contribution in [0.15, 0.2) is 42.6 Å². The summed E-state index contributed by atoms with van der Waals surface area (Å²) in [7, 11) is 1.71. The van der Waals surface area contributed by atoms with Gasteiger partial charge in [-0.25, -0.2) is 0 Å². The number of ether oxygens (including phenoxy) is 1. The maximum absolute atomic E-state index is 5.50. The molecule has 4 nitrogen and oxygen atoms in total. The molecule has 1 aromatic heterocycles. The highest BCUT2D eigenvalue weighted by Crippen LogP contribution is 2.30. The Morgan fingerprint density at radius 3 is 2.90 bits per heavy atom. The van der Waals surface area contributed by atoms with Crippen molar-refractivity contribution in [1.29, 1.82) is 0 Å². The van der Waals surface area contributed by atoms with Gasteiger partial charge >= 0.3 is 0 Å². The number of hydrogen-bond donors (Lipinski definition) is 2. The molecular weight excluding hydrogens is 262 g/mol. The van der Waals surface area contributed by atoms with E-state index in [1.54, 1.807) is 7.11 Å². The van der Waals surface area contributed by atoms with E-state index in [0.29, 0.717) is 0 Å². The van der Waals surface area contributed by atoms with Crippen LogP contribution in [0.1, 0.15) is 24.1 Å². The fourth-order valence-electron chi connectivity index (χ4n) is 2.58. The first-order valence-corrected chi connectivity index (χ1v) is 7.02. The maximum atomic E-state index is 5.50. The lowest BCUT2D eigenvalue weighted by Crippen LogP contribution is -2.08. The van der Waals surface area contributed by atoms with Crippen molar-refractivity contribution >= 4 is 16.6 Å². The molecule has 1 unspecified atom stereocenters. The molecule has 0 aliphatic heterocycles. The molecule has 0 aliphatic carbocycles. The fourth-order valence-corrected chi connectivity index (χ4v) is 2.58. The Labute approximate surface area is 124 Å². The second-order valence-electron chi connectivity index (χ2n) is 5.25. The molecule has 0 aliphatic rings. The number of hydrogen-bond acceptors (Lipinski definition) is 3. The molecule has 0 radical (unpaired) electrons. The van der Waals surface area contributed by atoms with Crippen LogP contribution in [-0.2, 0) is 0 Å². The van der Waals surface area contributed by atoms with Crippen molar-refractivity contribution in [3.63, 3.8) is 0 Å². The Morgan fingerprint density at radius 2 is 2.10 bits per heavy atom. The lowest BCUT2D eigenvalue weighted by molar-refractivity contribution is 0.407. The molecule has 0 fully saturated rings. The Balaban J connectivity index is 1.93. The summed E-state index contributed by atoms with van der Waals surface area (Å²) >= 11 is 0. The van der Waals surface area contributed by atoms with Gasteiger partial charge in [-0.1, -0.05) is 24.3 Å². The molecule has 0 saturated carbocycles. The molecule has 1 heterocycles. The zero-order valence-electron chi connectivity index (χ0n) is 12.5. The molecule has 3 rings (SSSR count). The smallest absolute Gasteiger partial charge is 0.124 e. The molecule has 0 bridgehead atoms. The van der Waals surface area contributed by atoms with Gasteiger partial charge in [-0.15, -0.1) is 0 Å². The standard InChI is InChI=1S/C17H19N3O/c1-11-7-8-14(16(9-11)21-3)12(2)19-15-6-4-5-13-10-18-20-17(13)15/h4-10,12,19H,1-3H3,(H,18,20). The first-order valence-electron chi connectivity index (χ1n) is 7.02. The number of benzene rings is 2. The van der Waals surface area contributed by atoms with Gasteiger partial charge in [0.1, 0.15) is 5.75 Å². The summed E-state index contributed by atoms with van der Waals surface area (Å²) < 4.78 is 5.50. The number of nitrogens with zero attached hydrogens (tertiary/aromatic N) is 1. The lowest BCUT2D eigenvalue weighted by Gasteiger charge is -2.19. The van der Waals surface area contributed by atoms with E-state index in [2.05, 4.69) is 53.6 Å². The van der Waals surface area contributed by atoms with E-state index in [-0.39, 0.29) is 6.04 Å². The Kier molecular flexibility index (Phi) is 3.52. The highest BCUT2D eigenvalue weighted by molar-refractivity contribution is 5.90. The zero-order chi connectivity index (χ0) is 14.8. The van der Waals surface area contributed by atoms with E-state index in [9.17, 15) is 0 Å². The van der Waals surface area contributed by atoms with Crippen molar-refractivity contribution in [3.8, 4) is 5.75 Å². The number of H-pyrrole nitrogens is 1. The van der Waals surface area contributed by atoms with Crippen LogP contribution < -0.4 is 10.1 Å². The van der Waals surface area contributed by atoms with Crippen LogP contribution in [0.25, 0.3) is 10.9 Å². The molecular formula is C17H19N3O. The normalized spacial score (nSPS) is 12.3. The number of methoxy groups -OCH3 is 1. The fraction of sp³-hybridized carbons (Fsp3) is 0.235. The van der Waals surface area contributed by atoms with E-state index < -0.39 is 0 Å². The molecule has 2 N–H and O–H groups in total. The van der Waals surface area contributed by atoms with Crippen molar-refractivity contribution in [3.05, 3.63) is 53.7 Å². The maximum Gasteiger partial charge on any atom is 0.124 e. The van der Waals surface area contributed by atoms with E-state index in [4.69, 9.17) is 4.74 Å². The summed E-state index contributed by atoms with van der Waals surface area (Å²) in [5, 5.41) is 11.8. The minimum Gasteiger partial charge on any atom is -0.496 e. The summed E-state index contributed by atoms with van der Waals surface area (Å²) in [6, 6.07) is 12.5. The van der Waals surface area contributed by atoms with E-state index in [1.165, 1.54) is 5.56 Å². The Bertz CT molecular complexity index is 764. The number of rotatable bonds is 4. The summed E-state index contributed by atoms with van der Waals surface area (Å²) in [5.74, 6) is 0.909. The van der Waals surface area contributed by atoms with Crippen molar-refractivity contribution < 1.29 is 4.74 Å². The SMILES string of the molecule is COc1cc(C)ccc1C(C)Nc1cccc2cn[nH]c12. The molecule has 108 valence electrons.